The van der Waals surface area contributed by atoms with E-state index < -0.39 is 12.0 Å². The Hall–Kier alpha value is -1.79. The van der Waals surface area contributed by atoms with Crippen LogP contribution in [0.5, 0.6) is 0 Å². The molecule has 2 amide bonds. The van der Waals surface area contributed by atoms with E-state index in [-0.39, 0.29) is 16.3 Å². The molecule has 20 heavy (non-hydrogen) atoms. The highest BCUT2D eigenvalue weighted by Crippen LogP contribution is 2.22. The van der Waals surface area contributed by atoms with E-state index in [0.717, 1.165) is 19.5 Å². The number of carboxylic acid groups (broad SMARTS) is 1. The molecule has 1 aromatic rings. The van der Waals surface area contributed by atoms with Crippen molar-refractivity contribution >= 4 is 29.3 Å². The van der Waals surface area contributed by atoms with Gasteiger partial charge in [-0.05, 0) is 37.7 Å². The van der Waals surface area contributed by atoms with Crippen LogP contribution in [-0.4, -0.2) is 36.7 Å². The van der Waals surface area contributed by atoms with Crippen molar-refractivity contribution in [3.63, 3.8) is 0 Å². The van der Waals surface area contributed by atoms with Crippen LogP contribution >= 0.6 is 11.6 Å². The standard InChI is InChI=1S/C13H18ClN3O3/c1-2-15-6-3-7-16-13(20)17-11-8-9(12(18)19)4-5-10(11)14/h4-5,8,15H,2-3,6-7H2,1H3,(H,18,19)(H2,16,17,20). The summed E-state index contributed by atoms with van der Waals surface area (Å²) in [5.41, 5.74) is 0.340. The predicted octanol–water partition coefficient (Wildman–Crippen LogP) is 2.16. The van der Waals surface area contributed by atoms with Crippen LogP contribution in [0.1, 0.15) is 23.7 Å². The maximum atomic E-state index is 11.6. The molecule has 0 heterocycles. The molecule has 0 aliphatic rings. The average Bonchev–Trinajstić information content (AvgIpc) is 2.40. The fourth-order valence-corrected chi connectivity index (χ4v) is 1.68. The highest BCUT2D eigenvalue weighted by Gasteiger charge is 2.09. The van der Waals surface area contributed by atoms with Crippen molar-refractivity contribution in [3.05, 3.63) is 28.8 Å². The Kier molecular flexibility index (Phi) is 6.83. The topological polar surface area (TPSA) is 90.5 Å². The highest BCUT2D eigenvalue weighted by atomic mass is 35.5. The van der Waals surface area contributed by atoms with Gasteiger partial charge in [-0.2, -0.15) is 0 Å². The molecule has 4 N–H and O–H groups in total. The highest BCUT2D eigenvalue weighted by molar-refractivity contribution is 6.33. The number of amides is 2. The zero-order valence-electron chi connectivity index (χ0n) is 11.2. The van der Waals surface area contributed by atoms with Crippen LogP contribution in [0.4, 0.5) is 10.5 Å². The van der Waals surface area contributed by atoms with E-state index in [1.165, 1.54) is 18.2 Å². The maximum absolute atomic E-state index is 11.6. The normalized spacial score (nSPS) is 10.1. The molecule has 1 rings (SSSR count). The fraction of sp³-hybridized carbons (Fsp3) is 0.385. The molecular weight excluding hydrogens is 282 g/mol. The third-order valence-electron chi connectivity index (χ3n) is 2.53. The molecule has 0 saturated carbocycles. The van der Waals surface area contributed by atoms with Gasteiger partial charge in [-0.15, -0.1) is 0 Å². The lowest BCUT2D eigenvalue weighted by Crippen LogP contribution is -2.31. The minimum atomic E-state index is -1.07. The minimum Gasteiger partial charge on any atom is -0.478 e. The molecular formula is C13H18ClN3O3. The summed E-state index contributed by atoms with van der Waals surface area (Å²) in [4.78, 5) is 22.5. The number of urea groups is 1. The van der Waals surface area contributed by atoms with Crippen LogP contribution < -0.4 is 16.0 Å². The Morgan fingerprint density at radius 1 is 1.30 bits per heavy atom. The number of benzene rings is 1. The van der Waals surface area contributed by atoms with Crippen LogP contribution in [0.2, 0.25) is 5.02 Å². The molecule has 0 fully saturated rings. The van der Waals surface area contributed by atoms with E-state index in [2.05, 4.69) is 16.0 Å². The molecule has 0 bridgehead atoms. The van der Waals surface area contributed by atoms with E-state index in [1.54, 1.807) is 0 Å². The Bertz CT molecular complexity index is 480. The molecule has 1 aromatic carbocycles. The Balaban J connectivity index is 2.49. The summed E-state index contributed by atoms with van der Waals surface area (Å²) in [6.45, 7) is 4.25. The number of hydrogen-bond acceptors (Lipinski definition) is 3. The summed E-state index contributed by atoms with van der Waals surface area (Å²) >= 11 is 5.90. The largest absolute Gasteiger partial charge is 0.478 e. The summed E-state index contributed by atoms with van der Waals surface area (Å²) in [5, 5.41) is 17.5. The van der Waals surface area contributed by atoms with Gasteiger partial charge in [0.25, 0.3) is 0 Å². The van der Waals surface area contributed by atoms with Gasteiger partial charge in [0.05, 0.1) is 16.3 Å². The molecule has 0 aliphatic heterocycles. The lowest BCUT2D eigenvalue weighted by atomic mass is 10.2. The molecule has 6 nitrogen and oxygen atoms in total. The second kappa shape index (κ2) is 8.39. The molecule has 0 radical (unpaired) electrons. The molecule has 0 saturated heterocycles. The molecule has 7 heteroatoms. The third kappa shape index (κ3) is 5.46. The van der Waals surface area contributed by atoms with Gasteiger partial charge in [0.2, 0.25) is 0 Å². The Morgan fingerprint density at radius 3 is 2.70 bits per heavy atom. The number of halogens is 1. The number of aromatic carboxylic acids is 1. The first kappa shape index (κ1) is 16.3. The van der Waals surface area contributed by atoms with Gasteiger partial charge in [-0.25, -0.2) is 9.59 Å². The van der Waals surface area contributed by atoms with Crippen molar-refractivity contribution in [1.82, 2.24) is 10.6 Å². The first-order chi connectivity index (χ1) is 9.54. The van der Waals surface area contributed by atoms with Gasteiger partial charge in [-0.3, -0.25) is 0 Å². The van der Waals surface area contributed by atoms with E-state index in [4.69, 9.17) is 16.7 Å². The third-order valence-corrected chi connectivity index (χ3v) is 2.86. The Labute approximate surface area is 122 Å². The number of carbonyl (C=O) groups is 2. The molecule has 0 unspecified atom stereocenters. The summed E-state index contributed by atoms with van der Waals surface area (Å²) in [5.74, 6) is -1.07. The summed E-state index contributed by atoms with van der Waals surface area (Å²) in [7, 11) is 0. The first-order valence-corrected chi connectivity index (χ1v) is 6.70. The second-order valence-corrected chi connectivity index (χ2v) is 4.49. The lowest BCUT2D eigenvalue weighted by molar-refractivity contribution is 0.0697. The monoisotopic (exact) mass is 299 g/mol. The van der Waals surface area contributed by atoms with Gasteiger partial charge < -0.3 is 21.1 Å². The van der Waals surface area contributed by atoms with Gasteiger partial charge in [0.1, 0.15) is 0 Å². The van der Waals surface area contributed by atoms with Gasteiger partial charge in [0, 0.05) is 6.54 Å². The number of carboxylic acids is 1. The zero-order valence-corrected chi connectivity index (χ0v) is 12.0. The summed E-state index contributed by atoms with van der Waals surface area (Å²) in [6, 6.07) is 3.73. The number of nitrogens with one attached hydrogen (secondary N) is 3. The second-order valence-electron chi connectivity index (χ2n) is 4.09. The van der Waals surface area contributed by atoms with Crippen molar-refractivity contribution < 1.29 is 14.7 Å². The fourth-order valence-electron chi connectivity index (χ4n) is 1.51. The number of carbonyl (C=O) groups excluding carboxylic acids is 1. The first-order valence-electron chi connectivity index (χ1n) is 6.33. The van der Waals surface area contributed by atoms with Crippen LogP contribution in [-0.2, 0) is 0 Å². The van der Waals surface area contributed by atoms with Crippen molar-refractivity contribution in [2.45, 2.75) is 13.3 Å². The zero-order chi connectivity index (χ0) is 15.0. The number of anilines is 1. The van der Waals surface area contributed by atoms with E-state index in [1.807, 2.05) is 6.92 Å². The van der Waals surface area contributed by atoms with E-state index in [9.17, 15) is 9.59 Å². The van der Waals surface area contributed by atoms with Crippen molar-refractivity contribution in [3.8, 4) is 0 Å². The maximum Gasteiger partial charge on any atom is 0.335 e. The van der Waals surface area contributed by atoms with Gasteiger partial charge in [-0.1, -0.05) is 18.5 Å². The SMILES string of the molecule is CCNCCCNC(=O)Nc1cc(C(=O)O)ccc1Cl. The van der Waals surface area contributed by atoms with Crippen LogP contribution in [0.25, 0.3) is 0 Å². The van der Waals surface area contributed by atoms with E-state index in [0.29, 0.717) is 6.54 Å². The van der Waals surface area contributed by atoms with E-state index >= 15 is 0 Å². The van der Waals surface area contributed by atoms with Crippen LogP contribution in [0.3, 0.4) is 0 Å². The van der Waals surface area contributed by atoms with Crippen LogP contribution in [0, 0.1) is 0 Å². The molecule has 110 valence electrons. The van der Waals surface area contributed by atoms with Crippen molar-refractivity contribution in [1.29, 1.82) is 0 Å². The predicted molar refractivity (Wildman–Crippen MR) is 78.6 cm³/mol. The Morgan fingerprint density at radius 2 is 2.05 bits per heavy atom. The quantitative estimate of drug-likeness (QED) is 0.581. The molecule has 0 atom stereocenters. The summed E-state index contributed by atoms with van der Waals surface area (Å²) in [6.07, 6.45) is 0.810. The minimum absolute atomic E-state index is 0.0665. The van der Waals surface area contributed by atoms with Crippen LogP contribution in [0.15, 0.2) is 18.2 Å². The smallest absolute Gasteiger partial charge is 0.335 e. The molecule has 0 aliphatic carbocycles. The molecule has 0 spiro atoms. The summed E-state index contributed by atoms with van der Waals surface area (Å²) < 4.78 is 0. The number of hydrogen-bond donors (Lipinski definition) is 4. The number of rotatable bonds is 7. The average molecular weight is 300 g/mol. The van der Waals surface area contributed by atoms with Gasteiger partial charge in [0.15, 0.2) is 0 Å². The van der Waals surface area contributed by atoms with Crippen molar-refractivity contribution in [2.24, 2.45) is 0 Å². The van der Waals surface area contributed by atoms with Crippen molar-refractivity contribution in [2.75, 3.05) is 25.0 Å². The molecule has 0 aromatic heterocycles. The van der Waals surface area contributed by atoms with Gasteiger partial charge >= 0.3 is 12.0 Å². The lowest BCUT2D eigenvalue weighted by Gasteiger charge is -2.09.